The van der Waals surface area contributed by atoms with Crippen molar-refractivity contribution in [3.05, 3.63) is 47.5 Å². The molecule has 2 fully saturated rings. The lowest BCUT2D eigenvalue weighted by atomic mass is 9.90. The molecule has 2 aliphatic rings. The van der Waals surface area contributed by atoms with Crippen LogP contribution < -0.4 is 5.32 Å². The molecule has 3 heterocycles. The van der Waals surface area contributed by atoms with Gasteiger partial charge in [0.25, 0.3) is 5.91 Å². The number of rotatable bonds is 4. The topological polar surface area (TPSA) is 63.1 Å². The second-order valence-electron chi connectivity index (χ2n) is 7.63. The molecule has 0 unspecified atom stereocenters. The fraction of sp³-hybridized carbons (Fsp3) is 0.550. The Hall–Kier alpha value is -2.28. The van der Waals surface area contributed by atoms with Crippen LogP contribution in [0.4, 0.5) is 4.39 Å². The van der Waals surface area contributed by atoms with Crippen LogP contribution >= 0.6 is 0 Å². The number of carbonyl (C=O) groups is 1. The summed E-state index contributed by atoms with van der Waals surface area (Å²) in [5.41, 5.74) is 1.47. The molecular weight excluding hydrogens is 345 g/mol. The van der Waals surface area contributed by atoms with Gasteiger partial charge >= 0.3 is 0 Å². The highest BCUT2D eigenvalue weighted by atomic mass is 19.1. The number of aromatic nitrogens is 3. The Balaban J connectivity index is 1.31. The van der Waals surface area contributed by atoms with E-state index < -0.39 is 0 Å². The summed E-state index contributed by atoms with van der Waals surface area (Å²) in [6.45, 7) is 3.40. The van der Waals surface area contributed by atoms with Gasteiger partial charge in [0.05, 0.1) is 12.2 Å². The highest BCUT2D eigenvalue weighted by Crippen LogP contribution is 2.23. The van der Waals surface area contributed by atoms with Gasteiger partial charge in [-0.25, -0.2) is 9.07 Å². The van der Waals surface area contributed by atoms with E-state index in [1.807, 2.05) is 15.6 Å². The van der Waals surface area contributed by atoms with Crippen molar-refractivity contribution in [3.63, 3.8) is 0 Å². The van der Waals surface area contributed by atoms with Crippen molar-refractivity contribution >= 4 is 5.91 Å². The highest BCUT2D eigenvalue weighted by molar-refractivity contribution is 5.92. The zero-order valence-electron chi connectivity index (χ0n) is 15.5. The Bertz CT molecular complexity index is 778. The predicted molar refractivity (Wildman–Crippen MR) is 99.9 cm³/mol. The number of likely N-dealkylation sites (tertiary alicyclic amines) is 1. The van der Waals surface area contributed by atoms with Gasteiger partial charge in [-0.2, -0.15) is 0 Å². The molecule has 0 saturated carbocycles. The third-order valence-corrected chi connectivity index (χ3v) is 5.73. The summed E-state index contributed by atoms with van der Waals surface area (Å²) in [5, 5.41) is 11.6. The molecule has 144 valence electrons. The number of nitrogens with one attached hydrogen (secondary N) is 1. The molecule has 27 heavy (non-hydrogen) atoms. The predicted octanol–water partition coefficient (Wildman–Crippen LogP) is 2.44. The minimum Gasteiger partial charge on any atom is -0.337 e. The third kappa shape index (κ3) is 4.35. The first kappa shape index (κ1) is 18.1. The second-order valence-corrected chi connectivity index (χ2v) is 7.63. The van der Waals surface area contributed by atoms with Crippen molar-refractivity contribution in [3.8, 4) is 0 Å². The molecule has 1 aromatic carbocycles. The normalized spacial score (nSPS) is 19.4. The molecule has 1 amide bonds. The lowest BCUT2D eigenvalue weighted by Gasteiger charge is -2.31. The molecule has 2 aliphatic heterocycles. The first-order valence-electron chi connectivity index (χ1n) is 9.85. The first-order chi connectivity index (χ1) is 13.2. The van der Waals surface area contributed by atoms with Crippen molar-refractivity contribution in [1.82, 2.24) is 25.2 Å². The number of benzene rings is 1. The molecule has 7 heteroatoms. The molecule has 4 rings (SSSR count). The molecule has 0 spiro atoms. The van der Waals surface area contributed by atoms with Crippen LogP contribution in [0.2, 0.25) is 0 Å². The maximum atomic E-state index is 13.3. The molecule has 0 radical (unpaired) electrons. The first-order valence-corrected chi connectivity index (χ1v) is 9.85. The molecule has 0 aliphatic carbocycles. The number of halogens is 1. The van der Waals surface area contributed by atoms with Crippen LogP contribution in [0.25, 0.3) is 0 Å². The third-order valence-electron chi connectivity index (χ3n) is 5.73. The maximum absolute atomic E-state index is 13.3. The van der Waals surface area contributed by atoms with Crippen LogP contribution in [0, 0.1) is 11.7 Å². The van der Waals surface area contributed by atoms with E-state index in [0.717, 1.165) is 63.8 Å². The summed E-state index contributed by atoms with van der Waals surface area (Å²) in [5.74, 6) is 0.276. The van der Waals surface area contributed by atoms with Crippen molar-refractivity contribution in [1.29, 1.82) is 0 Å². The Morgan fingerprint density at radius 1 is 1.19 bits per heavy atom. The van der Waals surface area contributed by atoms with Crippen LogP contribution in [-0.4, -0.2) is 52.0 Å². The van der Waals surface area contributed by atoms with Gasteiger partial charge in [-0.05, 0) is 68.8 Å². The van der Waals surface area contributed by atoms with Crippen LogP contribution in [0.15, 0.2) is 30.5 Å². The van der Waals surface area contributed by atoms with Gasteiger partial charge in [0.15, 0.2) is 5.69 Å². The molecule has 0 atom stereocenters. The lowest BCUT2D eigenvalue weighted by molar-refractivity contribution is 0.0684. The molecule has 1 aromatic heterocycles. The van der Waals surface area contributed by atoms with Gasteiger partial charge in [-0.3, -0.25) is 4.79 Å². The largest absolute Gasteiger partial charge is 0.337 e. The van der Waals surface area contributed by atoms with Crippen molar-refractivity contribution in [2.75, 3.05) is 26.2 Å². The monoisotopic (exact) mass is 371 g/mol. The second kappa shape index (κ2) is 8.17. The zero-order chi connectivity index (χ0) is 18.6. The molecule has 6 nitrogen and oxygen atoms in total. The van der Waals surface area contributed by atoms with E-state index in [1.165, 1.54) is 6.07 Å². The Labute approximate surface area is 158 Å². The minimum atomic E-state index is -0.183. The van der Waals surface area contributed by atoms with E-state index in [-0.39, 0.29) is 11.7 Å². The number of piperidine rings is 2. The molecule has 0 bridgehead atoms. The smallest absolute Gasteiger partial charge is 0.276 e. The van der Waals surface area contributed by atoms with Crippen LogP contribution in [0.3, 0.4) is 0 Å². The van der Waals surface area contributed by atoms with Gasteiger partial charge in [0, 0.05) is 13.1 Å². The van der Waals surface area contributed by atoms with Gasteiger partial charge in [-0.1, -0.05) is 17.3 Å². The summed E-state index contributed by atoms with van der Waals surface area (Å²) in [4.78, 5) is 14.6. The molecule has 2 saturated heterocycles. The average Bonchev–Trinajstić information content (AvgIpc) is 3.19. The Morgan fingerprint density at radius 3 is 2.70 bits per heavy atom. The Kier molecular flexibility index (Phi) is 5.48. The van der Waals surface area contributed by atoms with E-state index in [4.69, 9.17) is 0 Å². The number of amides is 1. The van der Waals surface area contributed by atoms with Gasteiger partial charge in [-0.15, -0.1) is 5.10 Å². The summed E-state index contributed by atoms with van der Waals surface area (Å²) in [6, 6.07) is 7.14. The number of nitrogens with zero attached hydrogens (tertiary/aromatic N) is 4. The van der Waals surface area contributed by atoms with Crippen LogP contribution in [0.5, 0.6) is 0 Å². The summed E-state index contributed by atoms with van der Waals surface area (Å²) in [6.07, 6.45) is 6.57. The summed E-state index contributed by atoms with van der Waals surface area (Å²) >= 11 is 0. The van der Waals surface area contributed by atoms with E-state index in [1.54, 1.807) is 18.3 Å². The van der Waals surface area contributed by atoms with Crippen molar-refractivity contribution < 1.29 is 9.18 Å². The highest BCUT2D eigenvalue weighted by Gasteiger charge is 2.26. The fourth-order valence-corrected chi connectivity index (χ4v) is 4.12. The van der Waals surface area contributed by atoms with E-state index in [2.05, 4.69) is 15.6 Å². The maximum Gasteiger partial charge on any atom is 0.276 e. The minimum absolute atomic E-state index is 0.0283. The van der Waals surface area contributed by atoms with E-state index in [9.17, 15) is 9.18 Å². The van der Waals surface area contributed by atoms with Crippen molar-refractivity contribution in [2.24, 2.45) is 5.92 Å². The standard InChI is InChI=1S/C20H26FN5O/c21-17-3-1-2-16(13-17)12-15-6-10-25(11-7-15)20(27)19-14-26(24-23-19)18-4-8-22-9-5-18/h1-3,13-15,18,22H,4-12H2. The van der Waals surface area contributed by atoms with Crippen LogP contribution in [0.1, 0.15) is 47.8 Å². The quantitative estimate of drug-likeness (QED) is 0.897. The Morgan fingerprint density at radius 2 is 1.96 bits per heavy atom. The molecule has 2 aromatic rings. The van der Waals surface area contributed by atoms with Crippen molar-refractivity contribution in [2.45, 2.75) is 38.1 Å². The number of carbonyl (C=O) groups excluding carboxylic acids is 1. The summed E-state index contributed by atoms with van der Waals surface area (Å²) < 4.78 is 15.2. The number of hydrogen-bond donors (Lipinski definition) is 1. The summed E-state index contributed by atoms with van der Waals surface area (Å²) in [7, 11) is 0. The fourth-order valence-electron chi connectivity index (χ4n) is 4.12. The van der Waals surface area contributed by atoms with Crippen LogP contribution in [-0.2, 0) is 6.42 Å². The van der Waals surface area contributed by atoms with Gasteiger partial charge in [0.2, 0.25) is 0 Å². The van der Waals surface area contributed by atoms with Gasteiger partial charge < -0.3 is 10.2 Å². The number of hydrogen-bond acceptors (Lipinski definition) is 4. The lowest BCUT2D eigenvalue weighted by Crippen LogP contribution is -2.39. The van der Waals surface area contributed by atoms with Gasteiger partial charge in [0.1, 0.15) is 5.82 Å². The van der Waals surface area contributed by atoms with E-state index in [0.29, 0.717) is 17.7 Å². The molecule has 1 N–H and O–H groups in total. The molecular formula is C20H26FN5O. The average molecular weight is 371 g/mol. The van der Waals surface area contributed by atoms with E-state index >= 15 is 0 Å². The SMILES string of the molecule is O=C(c1cn(C2CCNCC2)nn1)N1CCC(Cc2cccc(F)c2)CC1. The zero-order valence-corrected chi connectivity index (χ0v) is 15.5.